The van der Waals surface area contributed by atoms with Gasteiger partial charge in [0.15, 0.2) is 6.04 Å². The second-order valence-electron chi connectivity index (χ2n) is 3.20. The quantitative estimate of drug-likeness (QED) is 0.584. The highest BCUT2D eigenvalue weighted by Crippen LogP contribution is 2.08. The zero-order chi connectivity index (χ0) is 11.3. The number of hydrogen-bond donors (Lipinski definition) is 1. The van der Waals surface area contributed by atoms with Gasteiger partial charge in [-0.25, -0.2) is 9.80 Å². The van der Waals surface area contributed by atoms with Gasteiger partial charge in [-0.15, -0.1) is 4.91 Å². The second-order valence-corrected chi connectivity index (χ2v) is 3.20. The van der Waals surface area contributed by atoms with Crippen molar-refractivity contribution in [2.45, 2.75) is 12.5 Å². The molecule has 0 aromatic heterocycles. The van der Waals surface area contributed by atoms with E-state index in [0.717, 1.165) is 10.6 Å². The molecule has 5 nitrogen and oxygen atoms in total. The van der Waals surface area contributed by atoms with Crippen LogP contribution in [0.4, 0.5) is 0 Å². The summed E-state index contributed by atoms with van der Waals surface area (Å²) in [6.07, 6.45) is 0.262. The van der Waals surface area contributed by atoms with Gasteiger partial charge in [-0.2, -0.15) is 0 Å². The van der Waals surface area contributed by atoms with Crippen molar-refractivity contribution in [2.75, 3.05) is 7.05 Å². The van der Waals surface area contributed by atoms with Gasteiger partial charge in [-0.05, 0) is 5.56 Å². The average molecular weight is 208 g/mol. The Morgan fingerprint density at radius 1 is 1.47 bits per heavy atom. The lowest BCUT2D eigenvalue weighted by Crippen LogP contribution is -2.36. The smallest absolute Gasteiger partial charge is 0.328 e. The summed E-state index contributed by atoms with van der Waals surface area (Å²) in [6, 6.07) is 8.21. The van der Waals surface area contributed by atoms with E-state index in [4.69, 9.17) is 5.11 Å². The number of hydrogen-bond acceptors (Lipinski definition) is 3. The highest BCUT2D eigenvalue weighted by atomic mass is 16.4. The molecule has 0 fully saturated rings. The van der Waals surface area contributed by atoms with Gasteiger partial charge in [0.2, 0.25) is 0 Å². The Morgan fingerprint density at radius 3 is 2.53 bits per heavy atom. The molecule has 0 amide bonds. The Hall–Kier alpha value is -1.91. The van der Waals surface area contributed by atoms with Crippen LogP contribution < -0.4 is 0 Å². The molecule has 1 rings (SSSR count). The van der Waals surface area contributed by atoms with Crippen LogP contribution in [0.3, 0.4) is 0 Å². The first kappa shape index (κ1) is 11.2. The molecule has 15 heavy (non-hydrogen) atoms. The van der Waals surface area contributed by atoms with Crippen LogP contribution in [0, 0.1) is 4.91 Å². The normalized spacial score (nSPS) is 11.8. The van der Waals surface area contributed by atoms with Crippen LogP contribution in [-0.2, 0) is 11.2 Å². The van der Waals surface area contributed by atoms with Crippen LogP contribution in [0.1, 0.15) is 5.56 Å². The summed E-state index contributed by atoms with van der Waals surface area (Å²) in [5.41, 5.74) is 0.861. The van der Waals surface area contributed by atoms with Crippen LogP contribution in [0.5, 0.6) is 0 Å². The Morgan fingerprint density at radius 2 is 2.07 bits per heavy atom. The highest BCUT2D eigenvalue weighted by molar-refractivity contribution is 5.73. The molecule has 0 spiro atoms. The summed E-state index contributed by atoms with van der Waals surface area (Å²) >= 11 is 0. The van der Waals surface area contributed by atoms with Crippen LogP contribution >= 0.6 is 0 Å². The van der Waals surface area contributed by atoms with Gasteiger partial charge in [0.05, 0.1) is 5.29 Å². The van der Waals surface area contributed by atoms with E-state index in [-0.39, 0.29) is 6.42 Å². The van der Waals surface area contributed by atoms with Gasteiger partial charge in [0.1, 0.15) is 0 Å². The van der Waals surface area contributed by atoms with Crippen LogP contribution in [0.15, 0.2) is 35.6 Å². The SMILES string of the molecule is CN(N=O)C(Cc1ccccc1)C(=O)O. The first-order valence-electron chi connectivity index (χ1n) is 4.48. The zero-order valence-electron chi connectivity index (χ0n) is 8.33. The van der Waals surface area contributed by atoms with Gasteiger partial charge in [0.25, 0.3) is 0 Å². The maximum Gasteiger partial charge on any atom is 0.328 e. The summed E-state index contributed by atoms with van der Waals surface area (Å²) < 4.78 is 0. The van der Waals surface area contributed by atoms with Gasteiger partial charge < -0.3 is 5.11 Å². The molecular formula is C10H12N2O3. The van der Waals surface area contributed by atoms with E-state index in [2.05, 4.69) is 5.29 Å². The van der Waals surface area contributed by atoms with E-state index in [1.165, 1.54) is 7.05 Å². The van der Waals surface area contributed by atoms with Crippen molar-refractivity contribution in [3.8, 4) is 0 Å². The van der Waals surface area contributed by atoms with E-state index >= 15 is 0 Å². The van der Waals surface area contributed by atoms with Crippen molar-refractivity contribution in [2.24, 2.45) is 5.29 Å². The summed E-state index contributed by atoms with van der Waals surface area (Å²) in [6.45, 7) is 0. The Kier molecular flexibility index (Phi) is 3.79. The molecule has 0 aliphatic carbocycles. The molecule has 1 N–H and O–H groups in total. The Balaban J connectivity index is 2.76. The predicted molar refractivity (Wildman–Crippen MR) is 55.1 cm³/mol. The van der Waals surface area contributed by atoms with E-state index in [1.54, 1.807) is 0 Å². The first-order valence-corrected chi connectivity index (χ1v) is 4.48. The van der Waals surface area contributed by atoms with Crippen molar-refractivity contribution in [3.63, 3.8) is 0 Å². The molecule has 80 valence electrons. The van der Waals surface area contributed by atoms with Gasteiger partial charge in [-0.3, -0.25) is 0 Å². The van der Waals surface area contributed by atoms with Crippen LogP contribution in [0.2, 0.25) is 0 Å². The minimum atomic E-state index is -1.05. The fourth-order valence-corrected chi connectivity index (χ4v) is 1.27. The second kappa shape index (κ2) is 5.09. The summed E-state index contributed by atoms with van der Waals surface area (Å²) in [7, 11) is 1.36. The number of rotatable bonds is 5. The molecule has 0 radical (unpaired) electrons. The van der Waals surface area contributed by atoms with Gasteiger partial charge in [0, 0.05) is 13.5 Å². The number of carboxylic acids is 1. The maximum atomic E-state index is 10.9. The van der Waals surface area contributed by atoms with Crippen molar-refractivity contribution in [3.05, 3.63) is 40.8 Å². The molecule has 1 aromatic rings. The van der Waals surface area contributed by atoms with E-state index < -0.39 is 12.0 Å². The molecule has 0 aliphatic heterocycles. The molecule has 0 bridgehead atoms. The topological polar surface area (TPSA) is 70.0 Å². The number of carboxylic acid groups (broad SMARTS) is 1. The van der Waals surface area contributed by atoms with Crippen molar-refractivity contribution in [1.29, 1.82) is 0 Å². The predicted octanol–water partition coefficient (Wildman–Crippen LogP) is 1.30. The number of likely N-dealkylation sites (N-methyl/N-ethyl adjacent to an activating group) is 1. The monoisotopic (exact) mass is 208 g/mol. The minimum absolute atomic E-state index is 0.262. The molecule has 0 saturated heterocycles. The number of nitrogens with zero attached hydrogens (tertiary/aromatic N) is 2. The van der Waals surface area contributed by atoms with Crippen molar-refractivity contribution >= 4 is 5.97 Å². The van der Waals surface area contributed by atoms with Crippen LogP contribution in [0.25, 0.3) is 0 Å². The van der Waals surface area contributed by atoms with Crippen molar-refractivity contribution < 1.29 is 9.90 Å². The molecule has 5 heteroatoms. The summed E-state index contributed by atoms with van der Waals surface area (Å²) in [5.74, 6) is -1.05. The summed E-state index contributed by atoms with van der Waals surface area (Å²) in [4.78, 5) is 21.1. The third kappa shape index (κ3) is 3.05. The zero-order valence-corrected chi connectivity index (χ0v) is 8.33. The Labute approximate surface area is 87.3 Å². The molecule has 0 saturated carbocycles. The van der Waals surface area contributed by atoms with E-state index in [0.29, 0.717) is 0 Å². The minimum Gasteiger partial charge on any atom is -0.480 e. The van der Waals surface area contributed by atoms with Gasteiger partial charge in [-0.1, -0.05) is 30.3 Å². The lowest BCUT2D eigenvalue weighted by molar-refractivity contribution is -0.142. The first-order chi connectivity index (χ1) is 7.15. The molecule has 1 atom stereocenters. The average Bonchev–Trinajstić information content (AvgIpc) is 2.26. The van der Waals surface area contributed by atoms with E-state index in [1.807, 2.05) is 30.3 Å². The molecule has 0 heterocycles. The summed E-state index contributed by atoms with van der Waals surface area (Å²) in [5, 5.41) is 12.4. The number of benzene rings is 1. The highest BCUT2D eigenvalue weighted by Gasteiger charge is 2.22. The standard InChI is InChI=1S/C10H12N2O3/c1-12(11-15)9(10(13)14)7-8-5-3-2-4-6-8/h2-6,9H,7H2,1H3,(H,13,14). The molecular weight excluding hydrogens is 196 g/mol. The van der Waals surface area contributed by atoms with Crippen molar-refractivity contribution in [1.82, 2.24) is 5.01 Å². The third-order valence-corrected chi connectivity index (χ3v) is 2.14. The lowest BCUT2D eigenvalue weighted by Gasteiger charge is -2.18. The fourth-order valence-electron chi connectivity index (χ4n) is 1.27. The lowest BCUT2D eigenvalue weighted by atomic mass is 10.1. The fraction of sp³-hybridized carbons (Fsp3) is 0.300. The van der Waals surface area contributed by atoms with E-state index in [9.17, 15) is 9.70 Å². The number of aliphatic carboxylic acids is 1. The maximum absolute atomic E-state index is 10.9. The third-order valence-electron chi connectivity index (χ3n) is 2.14. The molecule has 1 unspecified atom stereocenters. The molecule has 0 aliphatic rings. The van der Waals surface area contributed by atoms with Gasteiger partial charge >= 0.3 is 5.97 Å². The number of carbonyl (C=O) groups is 1. The van der Waals surface area contributed by atoms with Crippen LogP contribution in [-0.4, -0.2) is 29.2 Å². The Bertz CT molecular complexity index is 340. The molecule has 1 aromatic carbocycles. The number of nitroso groups, excluding NO2 is 1. The largest absolute Gasteiger partial charge is 0.480 e.